The Hall–Kier alpha value is -1.62. The van der Waals surface area contributed by atoms with Gasteiger partial charge in [0.05, 0.1) is 6.04 Å². The first-order valence-electron chi connectivity index (χ1n) is 8.43. The number of carbonyl (C=O) groups is 2. The number of carbonyl (C=O) groups excluding carboxylic acids is 2. The van der Waals surface area contributed by atoms with E-state index in [0.29, 0.717) is 30.6 Å². The molecule has 1 amide bonds. The van der Waals surface area contributed by atoms with Gasteiger partial charge >= 0.3 is 0 Å². The largest absolute Gasteiger partial charge is 0.376 e. The highest BCUT2D eigenvalue weighted by molar-refractivity contribution is 5.85. The van der Waals surface area contributed by atoms with E-state index in [-0.39, 0.29) is 23.9 Å². The van der Waals surface area contributed by atoms with Crippen molar-refractivity contribution in [2.75, 3.05) is 13.1 Å². The molecule has 4 aliphatic rings. The summed E-state index contributed by atoms with van der Waals surface area (Å²) in [6.45, 7) is 1.54. The van der Waals surface area contributed by atoms with Crippen LogP contribution in [0.3, 0.4) is 0 Å². The second-order valence-electron chi connectivity index (χ2n) is 6.84. The minimum absolute atomic E-state index is 0.0185. The molecule has 22 heavy (non-hydrogen) atoms. The zero-order valence-corrected chi connectivity index (χ0v) is 12.7. The fourth-order valence-corrected chi connectivity index (χ4v) is 4.52. The van der Waals surface area contributed by atoms with Crippen molar-refractivity contribution in [1.29, 1.82) is 0 Å². The first-order chi connectivity index (χ1) is 10.7. The van der Waals surface area contributed by atoms with Gasteiger partial charge < -0.3 is 16.0 Å². The average molecular weight is 301 g/mol. The highest BCUT2D eigenvalue weighted by atomic mass is 16.2. The molecule has 0 aromatic rings. The number of ketones is 1. The molecule has 5 heteroatoms. The second kappa shape index (κ2) is 5.54. The average Bonchev–Trinajstić information content (AvgIpc) is 3.08. The Morgan fingerprint density at radius 1 is 1.14 bits per heavy atom. The van der Waals surface area contributed by atoms with Crippen LogP contribution in [0.25, 0.3) is 0 Å². The van der Waals surface area contributed by atoms with Crippen LogP contribution in [-0.2, 0) is 9.59 Å². The zero-order chi connectivity index (χ0) is 15.1. The van der Waals surface area contributed by atoms with Crippen LogP contribution in [0.1, 0.15) is 25.7 Å². The Bertz CT molecular complexity index is 554. The molecule has 5 unspecified atom stereocenters. The minimum atomic E-state index is -0.180. The molecule has 4 rings (SSSR count). The Balaban J connectivity index is 1.60. The fourth-order valence-electron chi connectivity index (χ4n) is 4.52. The summed E-state index contributed by atoms with van der Waals surface area (Å²) in [6.07, 6.45) is 10.1. The van der Waals surface area contributed by atoms with E-state index in [1.165, 1.54) is 5.70 Å². The van der Waals surface area contributed by atoms with E-state index < -0.39 is 0 Å². The van der Waals surface area contributed by atoms with E-state index in [1.807, 2.05) is 6.08 Å². The van der Waals surface area contributed by atoms with Crippen LogP contribution < -0.4 is 16.0 Å². The maximum absolute atomic E-state index is 12.2. The van der Waals surface area contributed by atoms with Gasteiger partial charge in [-0.15, -0.1) is 0 Å². The first-order valence-corrected chi connectivity index (χ1v) is 8.43. The summed E-state index contributed by atoms with van der Waals surface area (Å²) in [5.74, 6) is 1.34. The lowest BCUT2D eigenvalue weighted by Crippen LogP contribution is -2.44. The summed E-state index contributed by atoms with van der Waals surface area (Å²) in [4.78, 5) is 24.4. The normalized spacial score (nSPS) is 40.9. The number of amides is 1. The molecule has 3 heterocycles. The predicted molar refractivity (Wildman–Crippen MR) is 82.9 cm³/mol. The highest BCUT2D eigenvalue weighted by Crippen LogP contribution is 2.39. The predicted octanol–water partition coefficient (Wildman–Crippen LogP) is 0.492. The van der Waals surface area contributed by atoms with Crippen molar-refractivity contribution in [3.05, 3.63) is 23.9 Å². The van der Waals surface area contributed by atoms with Crippen LogP contribution in [0.2, 0.25) is 0 Å². The minimum Gasteiger partial charge on any atom is -0.376 e. The number of Topliss-reactive ketones (excluding diaryl/α,β-unsaturated/α-hetero) is 1. The number of hydrogen-bond acceptors (Lipinski definition) is 4. The number of hydrogen-bond donors (Lipinski definition) is 3. The van der Waals surface area contributed by atoms with Crippen molar-refractivity contribution in [2.45, 2.75) is 37.8 Å². The Labute approximate surface area is 130 Å². The Morgan fingerprint density at radius 3 is 2.95 bits per heavy atom. The highest BCUT2D eigenvalue weighted by Gasteiger charge is 2.43. The quantitative estimate of drug-likeness (QED) is 0.617. The van der Waals surface area contributed by atoms with Gasteiger partial charge in [-0.25, -0.2) is 0 Å². The van der Waals surface area contributed by atoms with Crippen LogP contribution in [0.15, 0.2) is 23.9 Å². The first kappa shape index (κ1) is 14.0. The van der Waals surface area contributed by atoms with Crippen LogP contribution in [0.4, 0.5) is 0 Å². The van der Waals surface area contributed by atoms with Gasteiger partial charge in [-0.1, -0.05) is 18.2 Å². The summed E-state index contributed by atoms with van der Waals surface area (Å²) in [7, 11) is 0. The maximum atomic E-state index is 12.2. The lowest BCUT2D eigenvalue weighted by Gasteiger charge is -2.27. The third kappa shape index (κ3) is 2.28. The molecule has 0 spiro atoms. The van der Waals surface area contributed by atoms with Gasteiger partial charge in [0.2, 0.25) is 5.91 Å². The number of fused-ring (bicyclic) bond motifs is 2. The van der Waals surface area contributed by atoms with Gasteiger partial charge in [-0.2, -0.15) is 0 Å². The van der Waals surface area contributed by atoms with Gasteiger partial charge in [0.25, 0.3) is 0 Å². The number of allylic oxidation sites excluding steroid dienone is 1. The Morgan fingerprint density at radius 2 is 2.05 bits per heavy atom. The molecule has 1 aliphatic carbocycles. The summed E-state index contributed by atoms with van der Waals surface area (Å²) < 4.78 is 0. The van der Waals surface area contributed by atoms with Crippen LogP contribution >= 0.6 is 0 Å². The van der Waals surface area contributed by atoms with Gasteiger partial charge in [0.1, 0.15) is 11.8 Å². The molecular weight excluding hydrogens is 278 g/mol. The summed E-state index contributed by atoms with van der Waals surface area (Å²) in [5.41, 5.74) is 1.19. The molecule has 0 radical (unpaired) electrons. The van der Waals surface area contributed by atoms with E-state index >= 15 is 0 Å². The van der Waals surface area contributed by atoms with Crippen LogP contribution in [0.5, 0.6) is 0 Å². The van der Waals surface area contributed by atoms with Crippen LogP contribution in [-0.4, -0.2) is 36.9 Å². The summed E-state index contributed by atoms with van der Waals surface area (Å²) in [5, 5.41) is 9.77. The van der Waals surface area contributed by atoms with Crippen molar-refractivity contribution in [1.82, 2.24) is 16.0 Å². The number of rotatable bonds is 1. The van der Waals surface area contributed by atoms with Gasteiger partial charge in [-0.05, 0) is 31.7 Å². The van der Waals surface area contributed by atoms with E-state index in [9.17, 15) is 9.59 Å². The number of nitrogens with one attached hydrogen (secondary N) is 3. The SMILES string of the molecule is O=C1NCC=CC2C=C(C3CCCC(=O)C4NCCC34)NC12. The van der Waals surface area contributed by atoms with Crippen LogP contribution in [0, 0.1) is 17.8 Å². The summed E-state index contributed by atoms with van der Waals surface area (Å²) in [6, 6.07) is -0.162. The smallest absolute Gasteiger partial charge is 0.243 e. The van der Waals surface area contributed by atoms with Crippen molar-refractivity contribution in [3.8, 4) is 0 Å². The van der Waals surface area contributed by atoms with Gasteiger partial charge in [0.15, 0.2) is 0 Å². The standard InChI is InChI=1S/C17H23N3O2/c21-14-5-1-4-11(12-6-8-18-16(12)14)13-9-10-3-2-7-19-17(22)15(10)20-13/h2-3,9-12,15-16,18,20H,1,4-8H2,(H,19,22). The molecule has 0 aromatic heterocycles. The van der Waals surface area contributed by atoms with Gasteiger partial charge in [0, 0.05) is 30.5 Å². The maximum Gasteiger partial charge on any atom is 0.243 e. The zero-order valence-electron chi connectivity index (χ0n) is 12.7. The van der Waals surface area contributed by atoms with Gasteiger partial charge in [-0.3, -0.25) is 9.59 Å². The molecule has 118 valence electrons. The lowest BCUT2D eigenvalue weighted by molar-refractivity contribution is -0.123. The topological polar surface area (TPSA) is 70.2 Å². The third-order valence-corrected chi connectivity index (χ3v) is 5.59. The molecule has 1 saturated heterocycles. The molecule has 3 aliphatic heterocycles. The second-order valence-corrected chi connectivity index (χ2v) is 6.84. The molecule has 3 N–H and O–H groups in total. The van der Waals surface area contributed by atoms with E-state index in [0.717, 1.165) is 25.8 Å². The molecular formula is C17H23N3O2. The van der Waals surface area contributed by atoms with E-state index in [1.54, 1.807) is 0 Å². The van der Waals surface area contributed by atoms with Crippen molar-refractivity contribution >= 4 is 11.7 Å². The molecule has 1 saturated carbocycles. The monoisotopic (exact) mass is 301 g/mol. The van der Waals surface area contributed by atoms with E-state index in [2.05, 4.69) is 28.1 Å². The Kier molecular flexibility index (Phi) is 3.53. The lowest BCUT2D eigenvalue weighted by atomic mass is 9.82. The molecule has 2 fully saturated rings. The third-order valence-electron chi connectivity index (χ3n) is 5.59. The van der Waals surface area contributed by atoms with Crippen molar-refractivity contribution < 1.29 is 9.59 Å². The van der Waals surface area contributed by atoms with Crippen molar-refractivity contribution in [2.24, 2.45) is 17.8 Å². The summed E-state index contributed by atoms with van der Waals surface area (Å²) >= 11 is 0. The molecule has 0 bridgehead atoms. The molecule has 5 nitrogen and oxygen atoms in total. The van der Waals surface area contributed by atoms with Crippen molar-refractivity contribution in [3.63, 3.8) is 0 Å². The fraction of sp³-hybridized carbons (Fsp3) is 0.647. The molecule has 5 atom stereocenters. The molecule has 0 aromatic carbocycles. The van der Waals surface area contributed by atoms with E-state index in [4.69, 9.17) is 0 Å².